The van der Waals surface area contributed by atoms with Gasteiger partial charge in [-0.15, -0.1) is 0 Å². The van der Waals surface area contributed by atoms with Gasteiger partial charge in [0.25, 0.3) is 11.5 Å². The van der Waals surface area contributed by atoms with Crippen LogP contribution in [0.2, 0.25) is 0 Å². The van der Waals surface area contributed by atoms with E-state index in [1.807, 2.05) is 4.98 Å². The second-order valence-electron chi connectivity index (χ2n) is 2.56. The van der Waals surface area contributed by atoms with Gasteiger partial charge in [-0.05, 0) is 0 Å². The summed E-state index contributed by atoms with van der Waals surface area (Å²) < 4.78 is 4.69. The van der Waals surface area contributed by atoms with Gasteiger partial charge in [-0.1, -0.05) is 0 Å². The van der Waals surface area contributed by atoms with Crippen molar-refractivity contribution < 1.29 is 9.53 Å². The van der Waals surface area contributed by atoms with E-state index in [1.165, 1.54) is 7.11 Å². The van der Waals surface area contributed by atoms with Crippen molar-refractivity contribution in [2.24, 2.45) is 5.73 Å². The number of aromatic nitrogens is 2. The fraction of sp³-hybridized carbons (Fsp3) is 0.286. The summed E-state index contributed by atoms with van der Waals surface area (Å²) in [5.41, 5.74) is 3.31. The van der Waals surface area contributed by atoms with Crippen molar-refractivity contribution in [3.63, 3.8) is 0 Å². The second-order valence-corrected chi connectivity index (χ2v) is 2.56. The minimum atomic E-state index is -0.875. The van der Waals surface area contributed by atoms with Crippen LogP contribution in [0.4, 0.5) is 0 Å². The normalized spacial score (nSPS) is 10.1. The van der Waals surface area contributed by atoms with Crippen LogP contribution in [0.25, 0.3) is 0 Å². The molecule has 0 aromatic carbocycles. The van der Waals surface area contributed by atoms with Crippen LogP contribution in [0.15, 0.2) is 9.59 Å². The average Bonchev–Trinajstić information content (AvgIpc) is 2.09. The molecule has 0 atom stereocenters. The van der Waals surface area contributed by atoms with Gasteiger partial charge in [-0.25, -0.2) is 4.79 Å². The number of aromatic amines is 2. The third-order valence-corrected chi connectivity index (χ3v) is 1.58. The number of methoxy groups -OCH3 is 1. The standard InChI is InChI=1S/C7H9N3O4/c1-14-2-3-4(5(8)11)9-7(13)10-6(3)12/h2H2,1H3,(H2,8,11)(H2,9,10,12,13). The average molecular weight is 199 g/mol. The Morgan fingerprint density at radius 1 is 1.43 bits per heavy atom. The maximum Gasteiger partial charge on any atom is 0.326 e. The predicted octanol–water partition coefficient (Wildman–Crippen LogP) is -1.69. The van der Waals surface area contributed by atoms with Crippen molar-refractivity contribution in [3.05, 3.63) is 32.1 Å². The number of carbonyl (C=O) groups excluding carboxylic acids is 1. The fourth-order valence-electron chi connectivity index (χ4n) is 1.00. The molecule has 1 aromatic heterocycles. The van der Waals surface area contributed by atoms with Crippen LogP contribution in [0.5, 0.6) is 0 Å². The Labute approximate surface area is 77.9 Å². The molecule has 0 aliphatic carbocycles. The van der Waals surface area contributed by atoms with Crippen molar-refractivity contribution in [2.75, 3.05) is 7.11 Å². The van der Waals surface area contributed by atoms with Gasteiger partial charge in [0.05, 0.1) is 12.2 Å². The van der Waals surface area contributed by atoms with Crippen LogP contribution >= 0.6 is 0 Å². The Bertz CT molecular complexity index is 459. The van der Waals surface area contributed by atoms with Gasteiger partial charge in [0.2, 0.25) is 0 Å². The first kappa shape index (κ1) is 10.2. The molecule has 0 radical (unpaired) electrons. The number of nitrogens with two attached hydrogens (primary N) is 1. The maximum absolute atomic E-state index is 11.2. The largest absolute Gasteiger partial charge is 0.380 e. The van der Waals surface area contributed by atoms with E-state index in [1.54, 1.807) is 0 Å². The lowest BCUT2D eigenvalue weighted by atomic mass is 10.2. The molecule has 0 fully saturated rings. The zero-order chi connectivity index (χ0) is 10.7. The Hall–Kier alpha value is -1.89. The van der Waals surface area contributed by atoms with Crippen LogP contribution in [0.3, 0.4) is 0 Å². The van der Waals surface area contributed by atoms with Crippen LogP contribution in [0, 0.1) is 0 Å². The molecule has 7 nitrogen and oxygen atoms in total. The number of hydrogen-bond donors (Lipinski definition) is 3. The number of rotatable bonds is 3. The van der Waals surface area contributed by atoms with Crippen LogP contribution in [-0.2, 0) is 11.3 Å². The highest BCUT2D eigenvalue weighted by molar-refractivity contribution is 5.91. The summed E-state index contributed by atoms with van der Waals surface area (Å²) in [6.45, 7) is -0.0929. The maximum atomic E-state index is 11.2. The molecule has 1 amide bonds. The second kappa shape index (κ2) is 3.88. The Morgan fingerprint density at radius 2 is 2.07 bits per heavy atom. The number of nitrogens with one attached hydrogen (secondary N) is 2. The molecule has 14 heavy (non-hydrogen) atoms. The monoisotopic (exact) mass is 199 g/mol. The van der Waals surface area contributed by atoms with E-state index in [-0.39, 0.29) is 17.9 Å². The highest BCUT2D eigenvalue weighted by Gasteiger charge is 2.13. The molecule has 0 saturated carbocycles. The number of carbonyl (C=O) groups is 1. The minimum Gasteiger partial charge on any atom is -0.380 e. The van der Waals surface area contributed by atoms with Crippen LogP contribution in [-0.4, -0.2) is 23.0 Å². The lowest BCUT2D eigenvalue weighted by molar-refractivity contribution is 0.0989. The highest BCUT2D eigenvalue weighted by Crippen LogP contribution is 1.97. The first-order chi connectivity index (χ1) is 6.56. The zero-order valence-corrected chi connectivity index (χ0v) is 7.42. The van der Waals surface area contributed by atoms with Gasteiger partial charge in [-0.2, -0.15) is 0 Å². The van der Waals surface area contributed by atoms with E-state index in [4.69, 9.17) is 5.73 Å². The predicted molar refractivity (Wildman–Crippen MR) is 46.9 cm³/mol. The van der Waals surface area contributed by atoms with E-state index in [9.17, 15) is 14.4 Å². The van der Waals surface area contributed by atoms with Crippen LogP contribution < -0.4 is 17.0 Å². The fourth-order valence-corrected chi connectivity index (χ4v) is 1.00. The summed E-state index contributed by atoms with van der Waals surface area (Å²) in [5.74, 6) is -0.875. The molecule has 7 heteroatoms. The van der Waals surface area contributed by atoms with Crippen molar-refractivity contribution in [2.45, 2.75) is 6.61 Å². The number of ether oxygens (including phenoxy) is 1. The van der Waals surface area contributed by atoms with Crippen LogP contribution in [0.1, 0.15) is 16.1 Å². The highest BCUT2D eigenvalue weighted by atomic mass is 16.5. The molecule has 76 valence electrons. The van der Waals surface area contributed by atoms with E-state index >= 15 is 0 Å². The summed E-state index contributed by atoms with van der Waals surface area (Å²) in [4.78, 5) is 36.9. The lowest BCUT2D eigenvalue weighted by Gasteiger charge is -2.02. The molecule has 0 unspecified atom stereocenters. The smallest absolute Gasteiger partial charge is 0.326 e. The molecule has 0 aliphatic rings. The van der Waals surface area contributed by atoms with Gasteiger partial charge in [0.15, 0.2) is 0 Å². The SMILES string of the molecule is COCc1c(C(N)=O)[nH]c(=O)[nH]c1=O. The number of hydrogen-bond acceptors (Lipinski definition) is 4. The van der Waals surface area contributed by atoms with E-state index in [2.05, 4.69) is 9.72 Å². The number of primary amides is 1. The molecule has 0 bridgehead atoms. The van der Waals surface area contributed by atoms with E-state index in [0.29, 0.717) is 0 Å². The Kier molecular flexibility index (Phi) is 2.82. The lowest BCUT2D eigenvalue weighted by Crippen LogP contribution is -2.32. The number of amides is 1. The molecule has 0 spiro atoms. The van der Waals surface area contributed by atoms with Crippen molar-refractivity contribution in [1.29, 1.82) is 0 Å². The molecule has 1 aromatic rings. The number of H-pyrrole nitrogens is 2. The molecule has 1 heterocycles. The third-order valence-electron chi connectivity index (χ3n) is 1.58. The zero-order valence-electron chi connectivity index (χ0n) is 7.42. The quantitative estimate of drug-likeness (QED) is 0.538. The van der Waals surface area contributed by atoms with Gasteiger partial charge in [-0.3, -0.25) is 14.6 Å². The summed E-state index contributed by atoms with van der Waals surface area (Å²) >= 11 is 0. The molecule has 0 aliphatic heterocycles. The third kappa shape index (κ3) is 1.88. The van der Waals surface area contributed by atoms with Gasteiger partial charge >= 0.3 is 5.69 Å². The molecular formula is C7H9N3O4. The first-order valence-electron chi connectivity index (χ1n) is 3.70. The summed E-state index contributed by atoms with van der Waals surface area (Å²) in [5, 5.41) is 0. The van der Waals surface area contributed by atoms with Gasteiger partial charge in [0, 0.05) is 7.11 Å². The molecular weight excluding hydrogens is 190 g/mol. The molecule has 1 rings (SSSR count). The van der Waals surface area contributed by atoms with Crippen molar-refractivity contribution in [1.82, 2.24) is 9.97 Å². The summed E-state index contributed by atoms with van der Waals surface area (Å²) in [7, 11) is 1.36. The van der Waals surface area contributed by atoms with E-state index in [0.717, 1.165) is 0 Å². The van der Waals surface area contributed by atoms with E-state index < -0.39 is 17.2 Å². The van der Waals surface area contributed by atoms with Crippen molar-refractivity contribution >= 4 is 5.91 Å². The van der Waals surface area contributed by atoms with Crippen molar-refractivity contribution in [3.8, 4) is 0 Å². The first-order valence-corrected chi connectivity index (χ1v) is 3.70. The minimum absolute atomic E-state index is 0.0135. The van der Waals surface area contributed by atoms with Gasteiger partial charge < -0.3 is 15.5 Å². The Morgan fingerprint density at radius 3 is 2.57 bits per heavy atom. The molecule has 0 saturated heterocycles. The molecule has 4 N–H and O–H groups in total. The topological polar surface area (TPSA) is 118 Å². The summed E-state index contributed by atoms with van der Waals surface area (Å²) in [6.07, 6.45) is 0. The summed E-state index contributed by atoms with van der Waals surface area (Å²) in [6, 6.07) is 0. The van der Waals surface area contributed by atoms with Gasteiger partial charge in [0.1, 0.15) is 5.69 Å². The Balaban J connectivity index is 3.44.